The lowest BCUT2D eigenvalue weighted by Crippen LogP contribution is -2.54. The molecule has 0 saturated carbocycles. The lowest BCUT2D eigenvalue weighted by Gasteiger charge is -2.37. The highest BCUT2D eigenvalue weighted by Gasteiger charge is 2.44. The number of aliphatic carboxylic acids is 1. The van der Waals surface area contributed by atoms with Crippen molar-refractivity contribution in [1.29, 1.82) is 0 Å². The second kappa shape index (κ2) is 10.2. The monoisotopic (exact) mass is 389 g/mol. The van der Waals surface area contributed by atoms with E-state index in [-0.39, 0.29) is 48.8 Å². The van der Waals surface area contributed by atoms with Crippen LogP contribution in [0.4, 0.5) is 5.69 Å². The molecule has 1 rings (SSSR count). The molecule has 6 N–H and O–H groups in total. The van der Waals surface area contributed by atoms with Gasteiger partial charge in [0.1, 0.15) is 11.8 Å². The van der Waals surface area contributed by atoms with Gasteiger partial charge < -0.3 is 21.7 Å². The molecular formula is C16H24ClN3O6. The number of halogens is 1. The SMILES string of the molecule is CCCC(=O)C[C@@](O)(CN)C(c1ccc([N+](=O)[O-])cc1)[C@H](N)C(=O)O.Cl. The van der Waals surface area contributed by atoms with Crippen LogP contribution in [0.1, 0.15) is 37.7 Å². The van der Waals surface area contributed by atoms with Gasteiger partial charge in [0.05, 0.1) is 10.5 Å². The second-order valence-electron chi connectivity index (χ2n) is 5.96. The van der Waals surface area contributed by atoms with Crippen molar-refractivity contribution >= 4 is 29.8 Å². The Morgan fingerprint density at radius 1 is 1.31 bits per heavy atom. The largest absolute Gasteiger partial charge is 0.480 e. The maximum absolute atomic E-state index is 12.0. The Labute approximate surface area is 156 Å². The normalized spacial score (nSPS) is 15.2. The van der Waals surface area contributed by atoms with E-state index in [1.54, 1.807) is 6.92 Å². The maximum Gasteiger partial charge on any atom is 0.321 e. The lowest BCUT2D eigenvalue weighted by molar-refractivity contribution is -0.384. The number of non-ortho nitro benzene ring substituents is 1. The molecule has 0 amide bonds. The minimum absolute atomic E-state index is 0. The van der Waals surface area contributed by atoms with E-state index >= 15 is 0 Å². The minimum Gasteiger partial charge on any atom is -0.480 e. The van der Waals surface area contributed by atoms with Crippen LogP contribution in [-0.2, 0) is 9.59 Å². The van der Waals surface area contributed by atoms with Crippen molar-refractivity contribution in [2.75, 3.05) is 6.54 Å². The third-order valence-corrected chi connectivity index (χ3v) is 4.07. The number of benzene rings is 1. The molecule has 1 unspecified atom stereocenters. The Morgan fingerprint density at radius 3 is 2.23 bits per heavy atom. The van der Waals surface area contributed by atoms with E-state index in [1.807, 2.05) is 0 Å². The number of carboxylic acid groups (broad SMARTS) is 1. The number of hydrogen-bond donors (Lipinski definition) is 4. The Balaban J connectivity index is 0.00000625. The predicted molar refractivity (Wildman–Crippen MR) is 97.2 cm³/mol. The van der Waals surface area contributed by atoms with Gasteiger partial charge in [-0.25, -0.2) is 0 Å². The van der Waals surface area contributed by atoms with E-state index < -0.39 is 28.5 Å². The number of carbonyl (C=O) groups is 2. The van der Waals surface area contributed by atoms with E-state index in [9.17, 15) is 29.9 Å². The number of carbonyl (C=O) groups excluding carboxylic acids is 1. The number of nitro benzene ring substituents is 1. The molecule has 0 saturated heterocycles. The number of ketones is 1. The quantitative estimate of drug-likeness (QED) is 0.338. The molecule has 146 valence electrons. The summed E-state index contributed by atoms with van der Waals surface area (Å²) in [7, 11) is 0. The van der Waals surface area contributed by atoms with Gasteiger partial charge in [-0.05, 0) is 12.0 Å². The summed E-state index contributed by atoms with van der Waals surface area (Å²) in [6.07, 6.45) is 0.449. The van der Waals surface area contributed by atoms with Gasteiger partial charge in [0.25, 0.3) is 5.69 Å². The summed E-state index contributed by atoms with van der Waals surface area (Å²) < 4.78 is 0. The van der Waals surface area contributed by atoms with Crippen molar-refractivity contribution in [3.05, 3.63) is 39.9 Å². The van der Waals surface area contributed by atoms with Gasteiger partial charge in [0.2, 0.25) is 0 Å². The zero-order chi connectivity index (χ0) is 19.2. The molecule has 0 aliphatic rings. The van der Waals surface area contributed by atoms with Crippen molar-refractivity contribution in [1.82, 2.24) is 0 Å². The molecule has 0 aliphatic heterocycles. The first-order chi connectivity index (χ1) is 11.7. The van der Waals surface area contributed by atoms with Crippen LogP contribution in [0, 0.1) is 10.1 Å². The molecule has 0 bridgehead atoms. The first-order valence-corrected chi connectivity index (χ1v) is 7.83. The fourth-order valence-corrected chi connectivity index (χ4v) is 2.82. The van der Waals surface area contributed by atoms with E-state index in [2.05, 4.69) is 0 Å². The maximum atomic E-state index is 12.0. The Bertz CT molecular complexity index is 639. The number of hydrogen-bond acceptors (Lipinski definition) is 7. The van der Waals surface area contributed by atoms with Crippen molar-refractivity contribution in [3.63, 3.8) is 0 Å². The van der Waals surface area contributed by atoms with Gasteiger partial charge in [0.15, 0.2) is 0 Å². The Hall–Kier alpha value is -2.07. The molecule has 26 heavy (non-hydrogen) atoms. The van der Waals surface area contributed by atoms with Gasteiger partial charge in [0, 0.05) is 37.4 Å². The Morgan fingerprint density at radius 2 is 1.85 bits per heavy atom. The molecule has 0 fully saturated rings. The molecule has 3 atom stereocenters. The molecule has 1 aromatic carbocycles. The fraction of sp³-hybridized carbons (Fsp3) is 0.500. The third kappa shape index (κ3) is 5.73. The average Bonchev–Trinajstić information content (AvgIpc) is 2.55. The van der Waals surface area contributed by atoms with Crippen molar-refractivity contribution in [3.8, 4) is 0 Å². The number of nitrogens with two attached hydrogens (primary N) is 2. The molecule has 10 heteroatoms. The average molecular weight is 390 g/mol. The standard InChI is InChI=1S/C16H23N3O6.ClH/c1-2-3-12(20)8-16(23,9-17)13(14(18)15(21)22)10-4-6-11(7-5-10)19(24)25;/h4-7,13-14,23H,2-3,8-9,17-18H2,1H3,(H,21,22);1H/t13?,14-,16+;/m0./s1. The molecule has 0 radical (unpaired) electrons. The lowest BCUT2D eigenvalue weighted by atomic mass is 9.74. The minimum atomic E-state index is -1.87. The number of rotatable bonds is 10. The van der Waals surface area contributed by atoms with Crippen LogP contribution in [0.2, 0.25) is 0 Å². The number of nitro groups is 1. The van der Waals surface area contributed by atoms with E-state index in [0.717, 1.165) is 0 Å². The van der Waals surface area contributed by atoms with Gasteiger partial charge >= 0.3 is 5.97 Å². The molecule has 1 aromatic rings. The van der Waals surface area contributed by atoms with Crippen LogP contribution in [0.5, 0.6) is 0 Å². The van der Waals surface area contributed by atoms with Crippen LogP contribution in [0.25, 0.3) is 0 Å². The molecule has 0 aromatic heterocycles. The van der Waals surface area contributed by atoms with E-state index in [1.165, 1.54) is 24.3 Å². The third-order valence-electron chi connectivity index (χ3n) is 4.07. The van der Waals surface area contributed by atoms with Crippen LogP contribution in [-0.4, -0.2) is 45.1 Å². The molecule has 9 nitrogen and oxygen atoms in total. The zero-order valence-electron chi connectivity index (χ0n) is 14.3. The first-order valence-electron chi connectivity index (χ1n) is 7.83. The summed E-state index contributed by atoms with van der Waals surface area (Å²) in [6.45, 7) is 1.42. The highest BCUT2D eigenvalue weighted by Crippen LogP contribution is 2.34. The number of aliphatic hydroxyl groups is 1. The summed E-state index contributed by atoms with van der Waals surface area (Å²) in [5, 5.41) is 31.0. The van der Waals surface area contributed by atoms with Crippen molar-refractivity contribution < 1.29 is 24.7 Å². The topological polar surface area (TPSA) is 170 Å². The summed E-state index contributed by atoms with van der Waals surface area (Å²) in [5.41, 5.74) is 9.59. The highest BCUT2D eigenvalue weighted by atomic mass is 35.5. The molecule has 0 heterocycles. The van der Waals surface area contributed by atoms with Gasteiger partial charge in [-0.1, -0.05) is 19.1 Å². The highest BCUT2D eigenvalue weighted by molar-refractivity contribution is 5.85. The smallest absolute Gasteiger partial charge is 0.321 e. The zero-order valence-corrected chi connectivity index (χ0v) is 15.1. The summed E-state index contributed by atoms with van der Waals surface area (Å²) in [5.74, 6) is -2.84. The van der Waals surface area contributed by atoms with Gasteiger partial charge in [-0.2, -0.15) is 0 Å². The molecule has 0 aliphatic carbocycles. The summed E-state index contributed by atoms with van der Waals surface area (Å²) in [4.78, 5) is 33.6. The van der Waals surface area contributed by atoms with Crippen LogP contribution >= 0.6 is 12.4 Å². The number of Topliss-reactive ketones (excluding diaryl/α,β-unsaturated/α-hetero) is 1. The van der Waals surface area contributed by atoms with Crippen LogP contribution in [0.3, 0.4) is 0 Å². The number of carboxylic acids is 1. The molecular weight excluding hydrogens is 366 g/mol. The second-order valence-corrected chi connectivity index (χ2v) is 5.96. The van der Waals surface area contributed by atoms with Crippen LogP contribution in [0.15, 0.2) is 24.3 Å². The summed E-state index contributed by atoms with van der Waals surface area (Å²) in [6, 6.07) is 3.46. The first kappa shape index (κ1) is 23.9. The predicted octanol–water partition coefficient (Wildman–Crippen LogP) is 0.961. The fourth-order valence-electron chi connectivity index (χ4n) is 2.82. The van der Waals surface area contributed by atoms with E-state index in [0.29, 0.717) is 6.42 Å². The van der Waals surface area contributed by atoms with Crippen molar-refractivity contribution in [2.45, 2.75) is 43.7 Å². The van der Waals surface area contributed by atoms with Crippen molar-refractivity contribution in [2.24, 2.45) is 11.5 Å². The summed E-state index contributed by atoms with van der Waals surface area (Å²) >= 11 is 0. The van der Waals surface area contributed by atoms with Gasteiger partial charge in [-0.3, -0.25) is 19.7 Å². The van der Waals surface area contributed by atoms with E-state index in [4.69, 9.17) is 11.5 Å². The van der Waals surface area contributed by atoms with Crippen LogP contribution < -0.4 is 11.5 Å². The van der Waals surface area contributed by atoms with Gasteiger partial charge in [-0.15, -0.1) is 12.4 Å². The molecule has 0 spiro atoms. The number of nitrogens with zero attached hydrogens (tertiary/aromatic N) is 1. The Kier molecular flexibility index (Phi) is 9.36.